The van der Waals surface area contributed by atoms with Crippen molar-refractivity contribution in [3.63, 3.8) is 0 Å². The number of carbonyl (C=O) groups excluding carboxylic acids is 1. The molecule has 3 aliphatic carbocycles. The lowest BCUT2D eigenvalue weighted by atomic mass is 9.52. The maximum Gasteiger partial charge on any atom is 0.453 e. The van der Waals surface area contributed by atoms with E-state index >= 15 is 0 Å². The molecule has 0 bridgehead atoms. The largest absolute Gasteiger partial charge is 0.616 e. The first-order valence-electron chi connectivity index (χ1n) is 21.7. The zero-order chi connectivity index (χ0) is 39.9. The topological polar surface area (TPSA) is 85.3 Å². The zero-order valence-electron chi connectivity index (χ0n) is 33.4. The van der Waals surface area contributed by atoms with Gasteiger partial charge in [-0.05, 0) is 129 Å². The van der Waals surface area contributed by atoms with Gasteiger partial charge in [0.1, 0.15) is 17.3 Å². The van der Waals surface area contributed by atoms with Crippen LogP contribution in [0.3, 0.4) is 0 Å². The Morgan fingerprint density at radius 1 is 0.929 bits per heavy atom. The molecule has 0 aromatic heterocycles. The number of benzene rings is 1. The molecular formula is C43H65F5N2O5S. The maximum atomic E-state index is 13.3. The van der Waals surface area contributed by atoms with Crippen LogP contribution < -0.4 is 4.74 Å². The predicted molar refractivity (Wildman–Crippen MR) is 209 cm³/mol. The van der Waals surface area contributed by atoms with E-state index in [0.717, 1.165) is 123 Å². The van der Waals surface area contributed by atoms with Crippen molar-refractivity contribution in [2.24, 2.45) is 23.2 Å². The smallest absolute Gasteiger partial charge is 0.453 e. The van der Waals surface area contributed by atoms with Gasteiger partial charge in [-0.1, -0.05) is 56.3 Å². The number of hydrogen-bond acceptors (Lipinski definition) is 6. The van der Waals surface area contributed by atoms with E-state index < -0.39 is 36.1 Å². The molecule has 1 aromatic rings. The molecule has 6 rings (SSSR count). The number of carbonyl (C=O) groups is 1. The van der Waals surface area contributed by atoms with Crippen molar-refractivity contribution >= 4 is 17.3 Å². The minimum Gasteiger partial charge on any atom is -0.616 e. The molecule has 0 spiro atoms. The van der Waals surface area contributed by atoms with Gasteiger partial charge in [0.15, 0.2) is 0 Å². The van der Waals surface area contributed by atoms with E-state index in [9.17, 15) is 36.4 Å². The van der Waals surface area contributed by atoms with Gasteiger partial charge in [0.25, 0.3) is 0 Å². The number of nitrogens with zero attached hydrogens (tertiary/aromatic N) is 2. The summed E-state index contributed by atoms with van der Waals surface area (Å²) in [6, 6.07) is 6.83. The average molecular weight is 817 g/mol. The Bertz CT molecular complexity index is 1400. The summed E-state index contributed by atoms with van der Waals surface area (Å²) in [6.07, 6.45) is 8.25. The Hall–Kier alpha value is -1.67. The van der Waals surface area contributed by atoms with Crippen LogP contribution in [0.1, 0.15) is 133 Å². The van der Waals surface area contributed by atoms with E-state index in [1.54, 1.807) is 0 Å². The van der Waals surface area contributed by atoms with Crippen molar-refractivity contribution in [3.05, 3.63) is 29.3 Å². The molecule has 1 N–H and O–H groups in total. The first-order chi connectivity index (χ1) is 26.8. The summed E-state index contributed by atoms with van der Waals surface area (Å²) in [7, 11) is 0. The summed E-state index contributed by atoms with van der Waals surface area (Å²) in [5.41, 5.74) is 2.67. The van der Waals surface area contributed by atoms with Crippen molar-refractivity contribution in [1.29, 1.82) is 0 Å². The first-order valence-corrected chi connectivity index (χ1v) is 23.1. The summed E-state index contributed by atoms with van der Waals surface area (Å²) in [6.45, 7) is 7.34. The monoisotopic (exact) mass is 816 g/mol. The van der Waals surface area contributed by atoms with Crippen molar-refractivity contribution in [3.8, 4) is 5.75 Å². The van der Waals surface area contributed by atoms with Crippen molar-refractivity contribution in [1.82, 2.24) is 9.80 Å². The van der Waals surface area contributed by atoms with Crippen LogP contribution in [0.2, 0.25) is 0 Å². The highest BCUT2D eigenvalue weighted by molar-refractivity contribution is 7.91. The van der Waals surface area contributed by atoms with E-state index in [1.165, 1.54) is 11.1 Å². The molecule has 13 heteroatoms. The van der Waals surface area contributed by atoms with Gasteiger partial charge in [-0.15, -0.1) is 0 Å². The molecule has 7 nitrogen and oxygen atoms in total. The number of amides is 1. The number of aliphatic hydroxyl groups excluding tert-OH is 1. The molecule has 7 atom stereocenters. The fourth-order valence-corrected chi connectivity index (χ4v) is 12.2. The molecule has 2 saturated carbocycles. The fourth-order valence-electron chi connectivity index (χ4n) is 11.0. The Morgan fingerprint density at radius 3 is 2.39 bits per heavy atom. The second-order valence-corrected chi connectivity index (χ2v) is 19.5. The predicted octanol–water partition coefficient (Wildman–Crippen LogP) is 9.66. The molecule has 318 valence electrons. The molecule has 0 radical (unpaired) electrons. The van der Waals surface area contributed by atoms with Crippen LogP contribution in [-0.2, 0) is 22.3 Å². The minimum atomic E-state index is -5.56. The molecule has 2 saturated heterocycles. The number of aliphatic hydroxyl groups is 1. The van der Waals surface area contributed by atoms with Crippen LogP contribution in [0, 0.1) is 23.2 Å². The molecule has 5 aliphatic rings. The standard InChI is InChI=1S/C43H65F5N2O5S/c1-41-20-16-36-35-13-12-34(55-40(52)50-22-17-33(18-23-50)49-21-10-25-54-26-24-49)30-32(35)29-31(39(36)37(41)14-15-38(41)51)11-7-5-3-2-4-6-8-27-56(53)28-9-19-42(44,45)43(46,47)48/h12-13,30-31,33,36-39,51H,2-11,14-29H2,1H3. The van der Waals surface area contributed by atoms with E-state index in [1.807, 2.05) is 11.0 Å². The number of unbranched alkanes of at least 4 members (excludes halogenated alkanes) is 6. The second kappa shape index (κ2) is 19.6. The van der Waals surface area contributed by atoms with Gasteiger partial charge in [0.05, 0.1) is 12.7 Å². The minimum absolute atomic E-state index is 0.0291. The number of piperidine rings is 1. The van der Waals surface area contributed by atoms with Crippen LogP contribution in [0.25, 0.3) is 0 Å². The highest BCUT2D eigenvalue weighted by atomic mass is 32.2. The highest BCUT2D eigenvalue weighted by Crippen LogP contribution is 2.63. The lowest BCUT2D eigenvalue weighted by Gasteiger charge is -2.53. The quantitative estimate of drug-likeness (QED) is 0.102. The van der Waals surface area contributed by atoms with Crippen molar-refractivity contribution < 1.29 is 45.9 Å². The molecule has 1 amide bonds. The Morgan fingerprint density at radius 2 is 1.64 bits per heavy atom. The molecule has 1 aromatic carbocycles. The number of halogens is 5. The fraction of sp³-hybridized carbons (Fsp3) is 0.837. The number of alkyl halides is 5. The molecule has 2 aliphatic heterocycles. The Labute approximate surface area is 334 Å². The first kappa shape index (κ1) is 43.9. The van der Waals surface area contributed by atoms with Crippen LogP contribution in [0.5, 0.6) is 5.75 Å². The molecule has 7 unspecified atom stereocenters. The van der Waals surface area contributed by atoms with Crippen molar-refractivity contribution in [2.75, 3.05) is 50.9 Å². The normalized spacial score (nSPS) is 29.6. The number of ether oxygens (including phenoxy) is 2. The molecule has 4 fully saturated rings. The number of hydrogen-bond donors (Lipinski definition) is 1. The van der Waals surface area contributed by atoms with Gasteiger partial charge < -0.3 is 24.0 Å². The van der Waals surface area contributed by atoms with Crippen LogP contribution in [-0.4, -0.2) is 101 Å². The SMILES string of the molecule is CC12CCC3c4ccc(OC(=O)N5CCC(N6CCCOCC6)CC5)cc4CC(CCCCCCCCC[S+]([O-])CCCC(F)(F)C(F)(F)F)C3C1CCC2O. The van der Waals surface area contributed by atoms with Gasteiger partial charge in [0.2, 0.25) is 0 Å². The van der Waals surface area contributed by atoms with Crippen LogP contribution >= 0.6 is 0 Å². The second-order valence-electron chi connectivity index (χ2n) is 17.8. The van der Waals surface area contributed by atoms with E-state index in [-0.39, 0.29) is 23.4 Å². The third-order valence-corrected chi connectivity index (χ3v) is 15.7. The van der Waals surface area contributed by atoms with Gasteiger partial charge in [0, 0.05) is 45.2 Å². The van der Waals surface area contributed by atoms with E-state index in [0.29, 0.717) is 60.7 Å². The van der Waals surface area contributed by atoms with Gasteiger partial charge in [-0.25, -0.2) is 4.79 Å². The average Bonchev–Trinajstić information content (AvgIpc) is 3.30. The zero-order valence-corrected chi connectivity index (χ0v) is 34.2. The van der Waals surface area contributed by atoms with Crippen LogP contribution in [0.15, 0.2) is 18.2 Å². The molecule has 2 heterocycles. The molecular weight excluding hydrogens is 752 g/mol. The lowest BCUT2D eigenvalue weighted by Crippen LogP contribution is -2.48. The van der Waals surface area contributed by atoms with Crippen molar-refractivity contribution in [2.45, 2.75) is 153 Å². The number of fused-ring (bicyclic) bond motifs is 5. The maximum absolute atomic E-state index is 13.3. The summed E-state index contributed by atoms with van der Waals surface area (Å²) in [5, 5.41) is 11.1. The third kappa shape index (κ3) is 10.7. The van der Waals surface area contributed by atoms with E-state index in [4.69, 9.17) is 9.47 Å². The number of rotatable bonds is 16. The van der Waals surface area contributed by atoms with Gasteiger partial charge in [-0.3, -0.25) is 4.90 Å². The summed E-state index contributed by atoms with van der Waals surface area (Å²) in [5.74, 6) is -1.89. The Kier molecular flexibility index (Phi) is 15.4. The third-order valence-electron chi connectivity index (χ3n) is 14.2. The van der Waals surface area contributed by atoms with Gasteiger partial charge >= 0.3 is 18.2 Å². The highest BCUT2D eigenvalue weighted by Gasteiger charge is 2.57. The molecule has 56 heavy (non-hydrogen) atoms. The van der Waals surface area contributed by atoms with Gasteiger partial charge in [-0.2, -0.15) is 22.0 Å². The van der Waals surface area contributed by atoms with E-state index in [2.05, 4.69) is 24.0 Å². The Balaban J connectivity index is 0.960. The summed E-state index contributed by atoms with van der Waals surface area (Å²) in [4.78, 5) is 17.7. The summed E-state index contributed by atoms with van der Waals surface area (Å²) < 4.78 is 87.0. The number of likely N-dealkylation sites (tertiary alicyclic amines) is 1. The summed E-state index contributed by atoms with van der Waals surface area (Å²) >= 11 is -1.38. The van der Waals surface area contributed by atoms with Crippen LogP contribution in [0.4, 0.5) is 26.7 Å². The lowest BCUT2D eigenvalue weighted by molar-refractivity contribution is -0.284.